The van der Waals surface area contributed by atoms with Crippen LogP contribution in [0.1, 0.15) is 25.7 Å². The fourth-order valence-electron chi connectivity index (χ4n) is 3.53. The summed E-state index contributed by atoms with van der Waals surface area (Å²) >= 11 is 0. The van der Waals surface area contributed by atoms with E-state index < -0.39 is 28.1 Å². The summed E-state index contributed by atoms with van der Waals surface area (Å²) in [5, 5.41) is 8.80. The van der Waals surface area contributed by atoms with Crippen molar-refractivity contribution in [2.45, 2.75) is 31.8 Å². The van der Waals surface area contributed by atoms with E-state index >= 15 is 0 Å². The Morgan fingerprint density at radius 1 is 1.19 bits per heavy atom. The van der Waals surface area contributed by atoms with E-state index in [1.165, 1.54) is 4.90 Å². The number of amides is 1. The first kappa shape index (κ1) is 19.5. The van der Waals surface area contributed by atoms with E-state index in [2.05, 4.69) is 11.0 Å². The zero-order chi connectivity index (χ0) is 19.4. The largest absolute Gasteiger partial charge is 0.444 e. The van der Waals surface area contributed by atoms with Crippen LogP contribution in [0.15, 0.2) is 24.3 Å². The molecule has 0 radical (unpaired) electrons. The summed E-state index contributed by atoms with van der Waals surface area (Å²) in [5.74, 6) is 0.0454. The van der Waals surface area contributed by atoms with Crippen LogP contribution in [0, 0.1) is 17.2 Å². The topological polar surface area (TPSA) is 111 Å². The first-order chi connectivity index (χ1) is 12.9. The third kappa shape index (κ3) is 5.11. The molecule has 1 unspecified atom stereocenters. The van der Waals surface area contributed by atoms with Crippen molar-refractivity contribution in [3.63, 3.8) is 0 Å². The van der Waals surface area contributed by atoms with Gasteiger partial charge in [0.05, 0.1) is 18.4 Å². The molecule has 0 saturated carbocycles. The van der Waals surface area contributed by atoms with E-state index in [0.717, 1.165) is 31.6 Å². The Kier molecular flexibility index (Phi) is 5.87. The number of ether oxygens (including phenoxy) is 1. The van der Waals surface area contributed by atoms with Crippen LogP contribution in [-0.2, 0) is 14.9 Å². The molecule has 0 aromatic heterocycles. The minimum absolute atomic E-state index is 0.0663. The van der Waals surface area contributed by atoms with Crippen molar-refractivity contribution in [2.24, 2.45) is 5.92 Å². The van der Waals surface area contributed by atoms with E-state index in [1.54, 1.807) is 0 Å². The summed E-state index contributed by atoms with van der Waals surface area (Å²) < 4.78 is 35.7. The second-order valence-electron chi connectivity index (χ2n) is 7.00. The van der Waals surface area contributed by atoms with Crippen LogP contribution in [0.5, 0.6) is 0 Å². The number of hydrogen-bond acceptors (Lipinski definition) is 6. The molecule has 2 fully saturated rings. The van der Waals surface area contributed by atoms with Gasteiger partial charge in [0.25, 0.3) is 10.1 Å². The molecule has 1 atom stereocenters. The van der Waals surface area contributed by atoms with Gasteiger partial charge in [-0.25, -0.2) is 4.79 Å². The Bertz CT molecular complexity index is 810. The van der Waals surface area contributed by atoms with Gasteiger partial charge in [0.1, 0.15) is 6.10 Å². The molecule has 27 heavy (non-hydrogen) atoms. The van der Waals surface area contributed by atoms with Crippen molar-refractivity contribution in [3.8, 4) is 6.07 Å². The number of carbonyl (C=O) groups excluding carboxylic acids is 1. The lowest BCUT2D eigenvalue weighted by Gasteiger charge is -2.33. The standard InChI is InChI=1S/C18H23N3O5S/c19-9-5-14-6-10-20(11-7-14)15-1-3-16(4-2-15)21-13-17(26-18(21)22)8-12-27(23,24)25/h1-4,14,17H,5-8,10-13H2,(H,23,24,25). The SMILES string of the molecule is N#CCC1CCN(c2ccc(N3CC(CCS(=O)(=O)O)OC3=O)cc2)CC1. The highest BCUT2D eigenvalue weighted by molar-refractivity contribution is 7.85. The van der Waals surface area contributed by atoms with Crippen LogP contribution in [-0.4, -0.2) is 50.6 Å². The Balaban J connectivity index is 1.57. The summed E-state index contributed by atoms with van der Waals surface area (Å²) in [5.41, 5.74) is 1.77. The molecule has 0 bridgehead atoms. The monoisotopic (exact) mass is 393 g/mol. The molecule has 1 aromatic rings. The first-order valence-electron chi connectivity index (χ1n) is 9.01. The third-order valence-electron chi connectivity index (χ3n) is 5.09. The Morgan fingerprint density at radius 2 is 1.81 bits per heavy atom. The molecule has 1 N–H and O–H groups in total. The van der Waals surface area contributed by atoms with Gasteiger partial charge in [0, 0.05) is 37.3 Å². The van der Waals surface area contributed by atoms with Gasteiger partial charge in [-0.3, -0.25) is 9.45 Å². The Hall–Kier alpha value is -2.31. The van der Waals surface area contributed by atoms with Gasteiger partial charge in [0.2, 0.25) is 0 Å². The van der Waals surface area contributed by atoms with E-state index in [4.69, 9.17) is 14.6 Å². The van der Waals surface area contributed by atoms with Crippen molar-refractivity contribution in [2.75, 3.05) is 35.2 Å². The minimum Gasteiger partial charge on any atom is -0.444 e. The number of anilines is 2. The molecule has 2 heterocycles. The van der Waals surface area contributed by atoms with E-state index in [1.807, 2.05) is 24.3 Å². The fourth-order valence-corrected chi connectivity index (χ4v) is 4.09. The zero-order valence-corrected chi connectivity index (χ0v) is 15.8. The lowest BCUT2D eigenvalue weighted by molar-refractivity contribution is 0.139. The lowest BCUT2D eigenvalue weighted by atomic mass is 9.94. The summed E-state index contributed by atoms with van der Waals surface area (Å²) in [6.45, 7) is 2.08. The molecule has 2 aliphatic heterocycles. The van der Waals surface area contributed by atoms with Crippen LogP contribution in [0.2, 0.25) is 0 Å². The van der Waals surface area contributed by atoms with Gasteiger partial charge >= 0.3 is 6.09 Å². The summed E-state index contributed by atoms with van der Waals surface area (Å²) in [4.78, 5) is 15.8. The molecular weight excluding hydrogens is 370 g/mol. The molecule has 146 valence electrons. The zero-order valence-electron chi connectivity index (χ0n) is 15.0. The van der Waals surface area contributed by atoms with Crippen LogP contribution < -0.4 is 9.80 Å². The van der Waals surface area contributed by atoms with Gasteiger partial charge in [0.15, 0.2) is 0 Å². The van der Waals surface area contributed by atoms with E-state index in [0.29, 0.717) is 18.0 Å². The average Bonchev–Trinajstić information content (AvgIpc) is 3.01. The van der Waals surface area contributed by atoms with Gasteiger partial charge < -0.3 is 9.64 Å². The molecule has 1 aromatic carbocycles. The number of rotatable bonds is 6. The molecule has 1 amide bonds. The highest BCUT2D eigenvalue weighted by Crippen LogP contribution is 2.28. The first-order valence-corrected chi connectivity index (χ1v) is 10.6. The molecule has 2 saturated heterocycles. The molecular formula is C18H23N3O5S. The number of carbonyl (C=O) groups is 1. The number of piperidine rings is 1. The maximum absolute atomic E-state index is 12.0. The predicted molar refractivity (Wildman–Crippen MR) is 100 cm³/mol. The molecule has 0 spiro atoms. The van der Waals surface area contributed by atoms with Gasteiger partial charge in [-0.2, -0.15) is 13.7 Å². The van der Waals surface area contributed by atoms with Crippen molar-refractivity contribution >= 4 is 27.6 Å². The van der Waals surface area contributed by atoms with Crippen molar-refractivity contribution in [1.29, 1.82) is 5.26 Å². The molecule has 9 heteroatoms. The number of cyclic esters (lactones) is 1. The quantitative estimate of drug-likeness (QED) is 0.739. The number of nitriles is 1. The number of hydrogen-bond donors (Lipinski definition) is 1. The second kappa shape index (κ2) is 8.15. The maximum Gasteiger partial charge on any atom is 0.414 e. The number of nitrogens with zero attached hydrogens (tertiary/aromatic N) is 3. The van der Waals surface area contributed by atoms with Crippen molar-refractivity contribution < 1.29 is 22.5 Å². The predicted octanol–water partition coefficient (Wildman–Crippen LogP) is 2.42. The van der Waals surface area contributed by atoms with Gasteiger partial charge in [-0.1, -0.05) is 0 Å². The molecule has 0 aliphatic carbocycles. The maximum atomic E-state index is 12.0. The molecule has 3 rings (SSSR count). The van der Waals surface area contributed by atoms with Crippen LogP contribution in [0.25, 0.3) is 0 Å². The van der Waals surface area contributed by atoms with E-state index in [9.17, 15) is 13.2 Å². The average molecular weight is 393 g/mol. The third-order valence-corrected chi connectivity index (χ3v) is 5.84. The Morgan fingerprint density at radius 3 is 2.41 bits per heavy atom. The van der Waals surface area contributed by atoms with E-state index in [-0.39, 0.29) is 13.0 Å². The summed E-state index contributed by atoms with van der Waals surface area (Å²) in [6, 6.07) is 9.86. The van der Waals surface area contributed by atoms with Gasteiger partial charge in [-0.05, 0) is 43.0 Å². The van der Waals surface area contributed by atoms with Crippen LogP contribution in [0.3, 0.4) is 0 Å². The molecule has 8 nitrogen and oxygen atoms in total. The second-order valence-corrected chi connectivity index (χ2v) is 8.57. The molecule has 2 aliphatic rings. The normalized spacial score (nSPS) is 21.2. The highest BCUT2D eigenvalue weighted by Gasteiger charge is 2.33. The lowest BCUT2D eigenvalue weighted by Crippen LogP contribution is -2.33. The highest BCUT2D eigenvalue weighted by atomic mass is 32.2. The van der Waals surface area contributed by atoms with Gasteiger partial charge in [-0.15, -0.1) is 0 Å². The minimum atomic E-state index is -4.07. The van der Waals surface area contributed by atoms with Crippen molar-refractivity contribution in [1.82, 2.24) is 0 Å². The fraction of sp³-hybridized carbons (Fsp3) is 0.556. The summed E-state index contributed by atoms with van der Waals surface area (Å²) in [7, 11) is -4.07. The smallest absolute Gasteiger partial charge is 0.414 e. The van der Waals surface area contributed by atoms with Crippen molar-refractivity contribution in [3.05, 3.63) is 24.3 Å². The van der Waals surface area contributed by atoms with Crippen LogP contribution >= 0.6 is 0 Å². The van der Waals surface area contributed by atoms with Crippen LogP contribution in [0.4, 0.5) is 16.2 Å². The summed E-state index contributed by atoms with van der Waals surface area (Å²) in [6.07, 6.45) is 1.62. The Labute approximate surface area is 159 Å². The number of benzene rings is 1.